The van der Waals surface area contributed by atoms with Crippen molar-refractivity contribution in [2.75, 3.05) is 11.9 Å². The van der Waals surface area contributed by atoms with E-state index in [4.69, 9.17) is 9.72 Å². The highest BCUT2D eigenvalue weighted by Gasteiger charge is 2.32. The SMILES string of the molecule is CCCn1c2nc(C(C)OCC)nc-2c2n(c1=O)CC(Cc1ccccc1)N2. The summed E-state index contributed by atoms with van der Waals surface area (Å²) in [5.41, 5.74) is 1.98. The minimum absolute atomic E-state index is 0.0251. The molecular weight excluding hydrogens is 354 g/mol. The number of benzene rings is 1. The molecule has 7 heteroatoms. The van der Waals surface area contributed by atoms with Gasteiger partial charge in [0.1, 0.15) is 17.6 Å². The first-order valence-electron chi connectivity index (χ1n) is 10.0. The summed E-state index contributed by atoms with van der Waals surface area (Å²) in [6.45, 7) is 7.81. The Bertz CT molecular complexity index is 979. The van der Waals surface area contributed by atoms with E-state index in [0.717, 1.165) is 24.4 Å². The van der Waals surface area contributed by atoms with E-state index >= 15 is 0 Å². The van der Waals surface area contributed by atoms with Gasteiger partial charge in [0.15, 0.2) is 11.6 Å². The summed E-state index contributed by atoms with van der Waals surface area (Å²) in [7, 11) is 0. The van der Waals surface area contributed by atoms with Crippen molar-refractivity contribution in [3.8, 4) is 11.5 Å². The van der Waals surface area contributed by atoms with Gasteiger partial charge in [-0.25, -0.2) is 14.8 Å². The largest absolute Gasteiger partial charge is 0.371 e. The van der Waals surface area contributed by atoms with Crippen LogP contribution in [0.3, 0.4) is 0 Å². The summed E-state index contributed by atoms with van der Waals surface area (Å²) < 4.78 is 9.23. The van der Waals surface area contributed by atoms with Crippen LogP contribution in [0.15, 0.2) is 35.1 Å². The van der Waals surface area contributed by atoms with Crippen LogP contribution in [0.1, 0.15) is 44.7 Å². The highest BCUT2D eigenvalue weighted by molar-refractivity contribution is 5.70. The average molecular weight is 381 g/mol. The molecule has 3 aliphatic rings. The highest BCUT2D eigenvalue weighted by Crippen LogP contribution is 2.32. The van der Waals surface area contributed by atoms with Gasteiger partial charge in [-0.2, -0.15) is 0 Å². The zero-order valence-electron chi connectivity index (χ0n) is 16.7. The quantitative estimate of drug-likeness (QED) is 0.681. The molecule has 0 amide bonds. The van der Waals surface area contributed by atoms with Crippen molar-refractivity contribution in [2.45, 2.75) is 58.8 Å². The van der Waals surface area contributed by atoms with E-state index in [-0.39, 0.29) is 17.8 Å². The minimum Gasteiger partial charge on any atom is -0.371 e. The molecule has 0 saturated carbocycles. The van der Waals surface area contributed by atoms with Crippen LogP contribution >= 0.6 is 0 Å². The molecule has 7 nitrogen and oxygen atoms in total. The lowest BCUT2D eigenvalue weighted by Gasteiger charge is -2.13. The van der Waals surface area contributed by atoms with E-state index in [1.807, 2.05) is 36.6 Å². The van der Waals surface area contributed by atoms with Crippen LogP contribution in [0.2, 0.25) is 0 Å². The van der Waals surface area contributed by atoms with Gasteiger partial charge < -0.3 is 10.1 Å². The standard InChI is InChI=1S/C21H27N5O2/c1-4-11-25-20-17(23-18(24-20)14(3)28-5-2)19-22-16(13-26(19)21(25)27)12-15-9-7-6-8-10-15/h6-10,14,16,22H,4-5,11-13H2,1-3H3. The molecule has 2 atom stereocenters. The van der Waals surface area contributed by atoms with Crippen LogP contribution in [-0.4, -0.2) is 31.8 Å². The van der Waals surface area contributed by atoms with E-state index in [1.54, 1.807) is 4.57 Å². The Morgan fingerprint density at radius 2 is 2.04 bits per heavy atom. The number of nitrogens with one attached hydrogen (secondary N) is 1. The normalized spacial score (nSPS) is 16.9. The van der Waals surface area contributed by atoms with Crippen molar-refractivity contribution >= 4 is 5.82 Å². The Morgan fingerprint density at radius 3 is 2.75 bits per heavy atom. The summed E-state index contributed by atoms with van der Waals surface area (Å²) in [6.07, 6.45) is 1.51. The van der Waals surface area contributed by atoms with Gasteiger partial charge in [0.2, 0.25) is 0 Å². The number of hydrogen-bond donors (Lipinski definition) is 1. The molecular formula is C21H27N5O2. The number of nitrogens with zero attached hydrogens (tertiary/aromatic N) is 4. The highest BCUT2D eigenvalue weighted by atomic mass is 16.5. The summed E-state index contributed by atoms with van der Waals surface area (Å²) in [6, 6.07) is 10.5. The smallest absolute Gasteiger partial charge is 0.331 e. The summed E-state index contributed by atoms with van der Waals surface area (Å²) >= 11 is 0. The van der Waals surface area contributed by atoms with Crippen LogP contribution < -0.4 is 11.0 Å². The second kappa shape index (κ2) is 7.75. The number of aromatic nitrogens is 4. The molecule has 1 aromatic rings. The monoisotopic (exact) mass is 381 g/mol. The van der Waals surface area contributed by atoms with Crippen LogP contribution in [0.25, 0.3) is 11.5 Å². The number of ether oxygens (including phenoxy) is 1. The van der Waals surface area contributed by atoms with Gasteiger partial charge in [-0.1, -0.05) is 37.3 Å². The Kier molecular flexibility index (Phi) is 5.17. The van der Waals surface area contributed by atoms with Crippen molar-refractivity contribution in [3.63, 3.8) is 0 Å². The maximum atomic E-state index is 13.2. The zero-order valence-corrected chi connectivity index (χ0v) is 16.7. The maximum absolute atomic E-state index is 13.2. The minimum atomic E-state index is -0.204. The fourth-order valence-corrected chi connectivity index (χ4v) is 3.88. The second-order valence-electron chi connectivity index (χ2n) is 7.28. The summed E-state index contributed by atoms with van der Waals surface area (Å²) in [5.74, 6) is 2.05. The van der Waals surface area contributed by atoms with Gasteiger partial charge >= 0.3 is 5.69 Å². The number of imidazole rings is 1. The second-order valence-corrected chi connectivity index (χ2v) is 7.28. The van der Waals surface area contributed by atoms with Crippen molar-refractivity contribution in [1.29, 1.82) is 0 Å². The van der Waals surface area contributed by atoms with E-state index < -0.39 is 0 Å². The van der Waals surface area contributed by atoms with Gasteiger partial charge in [0, 0.05) is 25.7 Å². The lowest BCUT2D eigenvalue weighted by Crippen LogP contribution is -2.32. The molecule has 0 aromatic heterocycles. The lowest BCUT2D eigenvalue weighted by molar-refractivity contribution is 0.0708. The topological polar surface area (TPSA) is 74.0 Å². The summed E-state index contributed by atoms with van der Waals surface area (Å²) in [4.78, 5) is 22.6. The van der Waals surface area contributed by atoms with E-state index in [9.17, 15) is 4.79 Å². The van der Waals surface area contributed by atoms with Crippen molar-refractivity contribution in [2.24, 2.45) is 0 Å². The molecule has 1 aromatic carbocycles. The Labute approximate surface area is 164 Å². The molecule has 0 spiro atoms. The van der Waals surface area contributed by atoms with Crippen LogP contribution in [-0.2, 0) is 24.2 Å². The molecule has 28 heavy (non-hydrogen) atoms. The molecule has 0 fully saturated rings. The first kappa shape index (κ1) is 18.7. The predicted molar refractivity (Wildman–Crippen MR) is 109 cm³/mol. The van der Waals surface area contributed by atoms with Crippen LogP contribution in [0, 0.1) is 0 Å². The molecule has 3 heterocycles. The first-order valence-corrected chi connectivity index (χ1v) is 10.0. The fourth-order valence-electron chi connectivity index (χ4n) is 3.88. The third-order valence-corrected chi connectivity index (χ3v) is 5.17. The van der Waals surface area contributed by atoms with Gasteiger partial charge in [-0.3, -0.25) is 9.13 Å². The van der Waals surface area contributed by atoms with Gasteiger partial charge in [0.05, 0.1) is 0 Å². The molecule has 0 radical (unpaired) electrons. The van der Waals surface area contributed by atoms with Gasteiger partial charge in [0.25, 0.3) is 0 Å². The Morgan fingerprint density at radius 1 is 1.25 bits per heavy atom. The van der Waals surface area contributed by atoms with Crippen LogP contribution in [0.5, 0.6) is 0 Å². The summed E-state index contributed by atoms with van der Waals surface area (Å²) in [5, 5.41) is 3.53. The molecule has 4 rings (SSSR count). The molecule has 2 unspecified atom stereocenters. The van der Waals surface area contributed by atoms with Gasteiger partial charge in [-0.15, -0.1) is 0 Å². The molecule has 0 aliphatic carbocycles. The van der Waals surface area contributed by atoms with E-state index in [2.05, 4.69) is 29.4 Å². The first-order chi connectivity index (χ1) is 13.6. The van der Waals surface area contributed by atoms with E-state index in [1.165, 1.54) is 5.56 Å². The van der Waals surface area contributed by atoms with Gasteiger partial charge in [-0.05, 0) is 32.3 Å². The molecule has 3 aliphatic heterocycles. The Hall–Kier alpha value is -2.67. The van der Waals surface area contributed by atoms with Crippen molar-refractivity contribution < 1.29 is 4.74 Å². The predicted octanol–water partition coefficient (Wildman–Crippen LogP) is 3.09. The van der Waals surface area contributed by atoms with E-state index in [0.29, 0.717) is 31.3 Å². The number of fused-ring (bicyclic) bond motifs is 3. The third-order valence-electron chi connectivity index (χ3n) is 5.17. The van der Waals surface area contributed by atoms with Crippen molar-refractivity contribution in [3.05, 3.63) is 52.2 Å². The number of rotatable bonds is 7. The molecule has 1 N–H and O–H groups in total. The maximum Gasteiger partial charge on any atom is 0.331 e. The fraction of sp³-hybridized carbons (Fsp3) is 0.476. The third kappa shape index (κ3) is 3.30. The molecule has 148 valence electrons. The molecule has 0 bridgehead atoms. The number of hydrogen-bond acceptors (Lipinski definition) is 5. The molecule has 0 saturated heterocycles. The lowest BCUT2D eigenvalue weighted by atomic mass is 10.1. The zero-order chi connectivity index (χ0) is 19.7. The van der Waals surface area contributed by atoms with Crippen molar-refractivity contribution in [1.82, 2.24) is 19.1 Å². The average Bonchev–Trinajstić information content (AvgIpc) is 3.31. The van der Waals surface area contributed by atoms with Crippen LogP contribution in [0.4, 0.5) is 5.82 Å². The Balaban J connectivity index is 1.74. The number of anilines is 1.